The third kappa shape index (κ3) is 5.30. The maximum absolute atomic E-state index is 11.8. The normalized spacial score (nSPS) is 13.2. The largest absolute Gasteiger partial charge is 0.488 e. The molecule has 0 bridgehead atoms. The van der Waals surface area contributed by atoms with E-state index in [1.54, 1.807) is 72.8 Å². The second-order valence-electron chi connectivity index (χ2n) is 7.31. The third-order valence-corrected chi connectivity index (χ3v) is 8.08. The molecule has 5 nitrogen and oxygen atoms in total. The Morgan fingerprint density at radius 2 is 1.07 bits per heavy atom. The highest BCUT2D eigenvalue weighted by molar-refractivity contribution is 8.29. The molecule has 0 heterocycles. The number of halogens is 1. The fourth-order valence-corrected chi connectivity index (χ4v) is 7.13. The predicted molar refractivity (Wildman–Crippen MR) is 103 cm³/mol. The molecule has 0 radical (unpaired) electrons. The standard InChI is InChI=1S/C22H23ClO5S/c1-22(2,3)27-18-14-16-21(17-15-18)29(28-23(24,25)26,19-10-6-4-7-11-19)20-12-8-5-9-13-20/h4-17H,1-3H3. The SMILES string of the molecule is CC(C)(C)Oc1ccc(S(O[Cl+3]([O-])([O-])[O-])(c2ccccc2)c2ccccc2)cc1. The predicted octanol–water partition coefficient (Wildman–Crippen LogP) is 2.97. The first-order valence-corrected chi connectivity index (χ1v) is 11.7. The monoisotopic (exact) mass is 434 g/mol. The summed E-state index contributed by atoms with van der Waals surface area (Å²) in [6, 6.07) is 24.9. The van der Waals surface area contributed by atoms with Crippen molar-refractivity contribution < 1.29 is 32.7 Å². The van der Waals surface area contributed by atoms with E-state index in [-0.39, 0.29) is 5.60 Å². The number of benzene rings is 3. The van der Waals surface area contributed by atoms with E-state index in [0.29, 0.717) is 20.4 Å². The van der Waals surface area contributed by atoms with E-state index in [1.807, 2.05) is 32.9 Å². The Bertz CT molecular complexity index is 880. The zero-order valence-electron chi connectivity index (χ0n) is 16.4. The maximum Gasteiger partial charge on any atom is 0.134 e. The highest BCUT2D eigenvalue weighted by Crippen LogP contribution is 2.70. The third-order valence-electron chi connectivity index (χ3n) is 3.90. The molecule has 0 spiro atoms. The first-order valence-electron chi connectivity index (χ1n) is 8.95. The van der Waals surface area contributed by atoms with E-state index >= 15 is 0 Å². The van der Waals surface area contributed by atoms with Crippen LogP contribution in [0.25, 0.3) is 0 Å². The molecule has 0 unspecified atom stereocenters. The van der Waals surface area contributed by atoms with Crippen LogP contribution in [0.15, 0.2) is 99.6 Å². The van der Waals surface area contributed by atoms with Gasteiger partial charge in [-0.1, -0.05) is 36.4 Å². The van der Waals surface area contributed by atoms with Crippen molar-refractivity contribution in [3.05, 3.63) is 84.9 Å². The number of ether oxygens (including phenoxy) is 1. The Morgan fingerprint density at radius 1 is 0.655 bits per heavy atom. The van der Waals surface area contributed by atoms with Crippen molar-refractivity contribution in [1.29, 1.82) is 0 Å². The zero-order valence-corrected chi connectivity index (χ0v) is 18.0. The lowest BCUT2D eigenvalue weighted by atomic mass is 10.2. The van der Waals surface area contributed by atoms with E-state index in [9.17, 15) is 14.0 Å². The summed E-state index contributed by atoms with van der Waals surface area (Å²) < 4.78 is 46.7. The molecule has 0 aliphatic heterocycles. The first kappa shape index (κ1) is 21.6. The lowest BCUT2D eigenvalue weighted by Crippen LogP contribution is -2.61. The van der Waals surface area contributed by atoms with Gasteiger partial charge in [-0.15, -0.1) is 0 Å². The quantitative estimate of drug-likeness (QED) is 0.595. The Labute approximate surface area is 174 Å². The van der Waals surface area contributed by atoms with Crippen molar-refractivity contribution in [3.63, 3.8) is 0 Å². The molecular weight excluding hydrogens is 412 g/mol. The minimum Gasteiger partial charge on any atom is -0.488 e. The Kier molecular flexibility index (Phi) is 6.24. The minimum atomic E-state index is -4.70. The van der Waals surface area contributed by atoms with Crippen LogP contribution in [0.5, 0.6) is 5.75 Å². The lowest BCUT2D eigenvalue weighted by Gasteiger charge is -2.34. The summed E-state index contributed by atoms with van der Waals surface area (Å²) >= 11 is 0. The van der Waals surface area contributed by atoms with Gasteiger partial charge in [-0.2, -0.15) is 14.0 Å². The van der Waals surface area contributed by atoms with Gasteiger partial charge in [0.2, 0.25) is 0 Å². The summed E-state index contributed by atoms with van der Waals surface area (Å²) in [5, 5.41) is 0. The van der Waals surface area contributed by atoms with Crippen molar-refractivity contribution in [2.24, 2.45) is 0 Å². The molecule has 0 aliphatic rings. The van der Waals surface area contributed by atoms with Crippen LogP contribution in [-0.2, 0) is 3.74 Å². The molecule has 0 saturated carbocycles. The van der Waals surface area contributed by atoms with E-state index in [0.717, 1.165) is 0 Å². The van der Waals surface area contributed by atoms with Crippen molar-refractivity contribution in [1.82, 2.24) is 0 Å². The van der Waals surface area contributed by atoms with Crippen LogP contribution in [0, 0.1) is 10.2 Å². The summed E-state index contributed by atoms with van der Waals surface area (Å²) in [4.78, 5) is 1.77. The lowest BCUT2D eigenvalue weighted by molar-refractivity contribution is -1.91. The Hall–Kier alpha value is -2.06. The summed E-state index contributed by atoms with van der Waals surface area (Å²) in [7, 11) is -7.51. The second kappa shape index (κ2) is 8.36. The molecule has 154 valence electrons. The topological polar surface area (TPSA) is 87.6 Å². The van der Waals surface area contributed by atoms with Crippen molar-refractivity contribution in [3.8, 4) is 5.75 Å². The van der Waals surface area contributed by atoms with Crippen LogP contribution in [-0.4, -0.2) is 5.60 Å². The summed E-state index contributed by atoms with van der Waals surface area (Å²) in [6.07, 6.45) is 0. The van der Waals surface area contributed by atoms with Gasteiger partial charge in [0.1, 0.15) is 15.1 Å². The number of hydrogen-bond donors (Lipinski definition) is 0. The average Bonchev–Trinajstić information content (AvgIpc) is 2.66. The molecule has 0 amide bonds. The van der Waals surface area contributed by atoms with Gasteiger partial charge in [0, 0.05) is 14.7 Å². The van der Waals surface area contributed by atoms with Gasteiger partial charge >= 0.3 is 0 Å². The van der Waals surface area contributed by atoms with Gasteiger partial charge in [-0.3, -0.25) is 0 Å². The molecule has 3 rings (SSSR count). The van der Waals surface area contributed by atoms with Gasteiger partial charge in [0.05, 0.1) is 20.6 Å². The highest BCUT2D eigenvalue weighted by Gasteiger charge is 2.46. The molecule has 0 atom stereocenters. The maximum atomic E-state index is 11.8. The molecule has 7 heteroatoms. The van der Waals surface area contributed by atoms with Crippen LogP contribution in [0.2, 0.25) is 0 Å². The van der Waals surface area contributed by atoms with Gasteiger partial charge in [0.15, 0.2) is 0 Å². The van der Waals surface area contributed by atoms with Crippen molar-refractivity contribution >= 4 is 10.3 Å². The molecule has 0 N–H and O–H groups in total. The summed E-state index contributed by atoms with van der Waals surface area (Å²) in [6.45, 7) is 5.82. The van der Waals surface area contributed by atoms with Crippen LogP contribution in [0.1, 0.15) is 20.8 Å². The molecule has 3 aromatic carbocycles. The molecule has 3 aromatic rings. The van der Waals surface area contributed by atoms with Gasteiger partial charge in [-0.05, 0) is 69.3 Å². The van der Waals surface area contributed by atoms with Crippen LogP contribution in [0.4, 0.5) is 0 Å². The number of hydrogen-bond acceptors (Lipinski definition) is 5. The Morgan fingerprint density at radius 3 is 1.45 bits per heavy atom. The van der Waals surface area contributed by atoms with Gasteiger partial charge < -0.3 is 4.74 Å². The summed E-state index contributed by atoms with van der Waals surface area (Å²) in [5.74, 6) is 0.637. The fourth-order valence-electron chi connectivity index (χ4n) is 2.91. The van der Waals surface area contributed by atoms with Gasteiger partial charge in [-0.25, -0.2) is 0 Å². The smallest absolute Gasteiger partial charge is 0.134 e. The van der Waals surface area contributed by atoms with Crippen molar-refractivity contribution in [2.75, 3.05) is 0 Å². The summed E-state index contributed by atoms with van der Waals surface area (Å²) in [5.41, 5.74) is -0.377. The second-order valence-corrected chi connectivity index (χ2v) is 11.1. The van der Waals surface area contributed by atoms with E-state index in [1.165, 1.54) is 0 Å². The average molecular weight is 435 g/mol. The molecule has 0 aromatic heterocycles. The van der Waals surface area contributed by atoms with Crippen LogP contribution in [0.3, 0.4) is 0 Å². The highest BCUT2D eigenvalue weighted by atomic mass is 35.7. The van der Waals surface area contributed by atoms with Crippen LogP contribution < -0.4 is 18.7 Å². The van der Waals surface area contributed by atoms with Crippen molar-refractivity contribution in [2.45, 2.75) is 41.1 Å². The molecule has 0 aliphatic carbocycles. The Balaban J connectivity index is 2.21. The molecule has 0 fully saturated rings. The minimum absolute atomic E-state index is 0.377. The first-order chi connectivity index (χ1) is 13.6. The number of rotatable bonds is 6. The fraction of sp³-hybridized carbons (Fsp3) is 0.182. The molecular formula is C22H23ClO5S. The van der Waals surface area contributed by atoms with E-state index < -0.39 is 20.6 Å². The van der Waals surface area contributed by atoms with E-state index in [2.05, 4.69) is 0 Å². The van der Waals surface area contributed by atoms with Gasteiger partial charge in [0.25, 0.3) is 0 Å². The van der Waals surface area contributed by atoms with Crippen LogP contribution >= 0.6 is 10.3 Å². The molecule has 29 heavy (non-hydrogen) atoms. The zero-order chi connectivity index (χ0) is 21.1. The van der Waals surface area contributed by atoms with E-state index in [4.69, 9.17) is 8.47 Å². The molecule has 0 saturated heterocycles.